The summed E-state index contributed by atoms with van der Waals surface area (Å²) in [6.45, 7) is 20.6. The summed E-state index contributed by atoms with van der Waals surface area (Å²) in [5.41, 5.74) is 2.16. The van der Waals surface area contributed by atoms with Gasteiger partial charge in [0, 0.05) is 24.3 Å². The molecule has 2 aliphatic carbocycles. The molecule has 0 amide bonds. The fourth-order valence-corrected chi connectivity index (χ4v) is 11.0. The number of rotatable bonds is 6. The third-order valence-electron chi connectivity index (χ3n) is 7.68. The topological polar surface area (TPSA) is 18.5 Å². The van der Waals surface area contributed by atoms with Gasteiger partial charge in [-0.3, -0.25) is 0 Å². The van der Waals surface area contributed by atoms with E-state index in [4.69, 9.17) is 8.85 Å². The van der Waals surface area contributed by atoms with Gasteiger partial charge in [-0.05, 0) is 75.0 Å². The molecule has 0 N–H and O–H groups in total. The average Bonchev–Trinajstić information content (AvgIpc) is 2.60. The van der Waals surface area contributed by atoms with Crippen LogP contribution in [-0.4, -0.2) is 21.8 Å². The molecule has 0 aliphatic heterocycles. The van der Waals surface area contributed by atoms with Crippen molar-refractivity contribution in [2.75, 3.05) is 13.2 Å². The van der Waals surface area contributed by atoms with E-state index in [1.165, 1.54) is 51.4 Å². The van der Waals surface area contributed by atoms with Gasteiger partial charge in [-0.15, -0.1) is 0 Å². The van der Waals surface area contributed by atoms with Crippen molar-refractivity contribution < 1.29 is 8.85 Å². The van der Waals surface area contributed by atoms with Crippen LogP contribution in [-0.2, 0) is 8.85 Å². The maximum atomic E-state index is 6.79. The van der Waals surface area contributed by atoms with Crippen LogP contribution in [0.25, 0.3) is 0 Å². The molecule has 2 nitrogen and oxygen atoms in total. The first kappa shape index (κ1) is 23.4. The Labute approximate surface area is 171 Å². The Morgan fingerprint density at radius 3 is 1.33 bits per heavy atom. The van der Waals surface area contributed by atoms with Crippen molar-refractivity contribution in [3.05, 3.63) is 0 Å². The molecule has 3 heteroatoms. The summed E-state index contributed by atoms with van der Waals surface area (Å²) in [5, 5.41) is 0. The van der Waals surface area contributed by atoms with Crippen LogP contribution >= 0.6 is 0 Å². The van der Waals surface area contributed by atoms with Crippen molar-refractivity contribution in [1.82, 2.24) is 0 Å². The second kappa shape index (κ2) is 9.30. The standard InChI is InChI=1S/C24H48O2Si/c1-9-25-27(26-10-2,21-15-11-13-19(17-21)23(3,4)5)22-16-12-14-20(18-22)24(6,7)8/h19-22H,9-18H2,1-8H3. The smallest absolute Gasteiger partial charge is 0.344 e. The fourth-order valence-electron chi connectivity index (χ4n) is 5.98. The molecule has 2 rings (SSSR count). The summed E-state index contributed by atoms with van der Waals surface area (Å²) in [6.07, 6.45) is 10.8. The van der Waals surface area contributed by atoms with Gasteiger partial charge in [0.15, 0.2) is 0 Å². The molecule has 0 aromatic rings. The second-order valence-corrected chi connectivity index (χ2v) is 15.1. The van der Waals surface area contributed by atoms with Crippen LogP contribution in [0.1, 0.15) is 107 Å². The summed E-state index contributed by atoms with van der Waals surface area (Å²) in [5.74, 6) is 1.62. The van der Waals surface area contributed by atoms with Gasteiger partial charge in [0.1, 0.15) is 0 Å². The van der Waals surface area contributed by atoms with Crippen LogP contribution in [0.4, 0.5) is 0 Å². The Morgan fingerprint density at radius 1 is 0.667 bits per heavy atom. The molecule has 0 radical (unpaired) electrons. The molecule has 2 aliphatic rings. The summed E-state index contributed by atoms with van der Waals surface area (Å²) < 4.78 is 13.6. The monoisotopic (exact) mass is 396 g/mol. The van der Waals surface area contributed by atoms with Crippen LogP contribution < -0.4 is 0 Å². The van der Waals surface area contributed by atoms with Gasteiger partial charge >= 0.3 is 8.56 Å². The summed E-state index contributed by atoms with van der Waals surface area (Å²) in [7, 11) is -2.24. The lowest BCUT2D eigenvalue weighted by molar-refractivity contribution is 0.104. The van der Waals surface area contributed by atoms with E-state index in [0.29, 0.717) is 21.9 Å². The zero-order valence-electron chi connectivity index (χ0n) is 19.7. The third-order valence-corrected chi connectivity index (χ3v) is 12.5. The first-order valence-electron chi connectivity index (χ1n) is 11.8. The lowest BCUT2D eigenvalue weighted by Gasteiger charge is -2.50. The van der Waals surface area contributed by atoms with E-state index in [1.54, 1.807) is 0 Å². The van der Waals surface area contributed by atoms with Crippen molar-refractivity contribution in [3.8, 4) is 0 Å². The van der Waals surface area contributed by atoms with Crippen LogP contribution in [0, 0.1) is 22.7 Å². The normalized spacial score (nSPS) is 31.1. The van der Waals surface area contributed by atoms with Gasteiger partial charge in [-0.25, -0.2) is 0 Å². The van der Waals surface area contributed by atoms with E-state index in [0.717, 1.165) is 25.0 Å². The van der Waals surface area contributed by atoms with Crippen molar-refractivity contribution >= 4 is 8.56 Å². The van der Waals surface area contributed by atoms with E-state index >= 15 is 0 Å². The molecular weight excluding hydrogens is 348 g/mol. The summed E-state index contributed by atoms with van der Waals surface area (Å²) >= 11 is 0. The lowest BCUT2D eigenvalue weighted by atomic mass is 9.72. The Morgan fingerprint density at radius 2 is 1.04 bits per heavy atom. The van der Waals surface area contributed by atoms with Crippen molar-refractivity contribution in [2.45, 2.75) is 118 Å². The molecule has 27 heavy (non-hydrogen) atoms. The van der Waals surface area contributed by atoms with Gasteiger partial charge in [-0.2, -0.15) is 0 Å². The molecule has 0 heterocycles. The maximum Gasteiger partial charge on any atom is 0.344 e. The van der Waals surface area contributed by atoms with Crippen molar-refractivity contribution in [1.29, 1.82) is 0 Å². The summed E-state index contributed by atoms with van der Waals surface area (Å²) in [6, 6.07) is 0. The molecule has 0 aromatic heterocycles. The Hall–Kier alpha value is 0.137. The van der Waals surface area contributed by atoms with Crippen LogP contribution in [0.3, 0.4) is 0 Å². The maximum absolute atomic E-state index is 6.79. The Bertz CT molecular complexity index is 406. The van der Waals surface area contributed by atoms with Crippen molar-refractivity contribution in [2.24, 2.45) is 22.7 Å². The van der Waals surface area contributed by atoms with Crippen molar-refractivity contribution in [3.63, 3.8) is 0 Å². The predicted octanol–water partition coefficient (Wildman–Crippen LogP) is 7.71. The minimum Gasteiger partial charge on any atom is -0.394 e. The molecular formula is C24H48O2Si. The first-order chi connectivity index (χ1) is 12.5. The molecule has 4 unspecified atom stereocenters. The van der Waals surface area contributed by atoms with Crippen LogP contribution in [0.5, 0.6) is 0 Å². The van der Waals surface area contributed by atoms with Gasteiger partial charge in [0.25, 0.3) is 0 Å². The number of hydrogen-bond donors (Lipinski definition) is 0. The highest BCUT2D eigenvalue weighted by Gasteiger charge is 2.55. The van der Waals surface area contributed by atoms with E-state index in [-0.39, 0.29) is 0 Å². The SMILES string of the molecule is CCO[Si](OCC)(C1CCCC(C(C)(C)C)C1)C1CCCC(C(C)(C)C)C1. The largest absolute Gasteiger partial charge is 0.394 e. The van der Waals surface area contributed by atoms with E-state index in [2.05, 4.69) is 55.4 Å². The second-order valence-electron chi connectivity index (χ2n) is 11.4. The molecule has 0 spiro atoms. The van der Waals surface area contributed by atoms with Crippen LogP contribution in [0.15, 0.2) is 0 Å². The molecule has 0 saturated heterocycles. The molecule has 0 bridgehead atoms. The van der Waals surface area contributed by atoms with E-state index in [9.17, 15) is 0 Å². The quantitative estimate of drug-likeness (QED) is 0.428. The molecule has 4 atom stereocenters. The highest BCUT2D eigenvalue weighted by molar-refractivity contribution is 6.70. The zero-order valence-corrected chi connectivity index (χ0v) is 20.7. The van der Waals surface area contributed by atoms with E-state index < -0.39 is 8.56 Å². The molecule has 0 aromatic carbocycles. The van der Waals surface area contributed by atoms with Gasteiger partial charge in [-0.1, -0.05) is 54.4 Å². The number of hydrogen-bond acceptors (Lipinski definition) is 2. The lowest BCUT2D eigenvalue weighted by Crippen LogP contribution is -2.54. The third kappa shape index (κ3) is 5.60. The Kier molecular flexibility index (Phi) is 8.07. The average molecular weight is 397 g/mol. The predicted molar refractivity (Wildman–Crippen MR) is 119 cm³/mol. The molecule has 2 saturated carbocycles. The fraction of sp³-hybridized carbons (Fsp3) is 1.00. The minimum atomic E-state index is -2.24. The first-order valence-corrected chi connectivity index (χ1v) is 13.8. The Balaban J connectivity index is 2.31. The van der Waals surface area contributed by atoms with Gasteiger partial charge in [0.05, 0.1) is 0 Å². The van der Waals surface area contributed by atoms with Crippen LogP contribution in [0.2, 0.25) is 11.1 Å². The summed E-state index contributed by atoms with van der Waals surface area (Å²) in [4.78, 5) is 0. The van der Waals surface area contributed by atoms with Gasteiger partial charge in [0.2, 0.25) is 0 Å². The van der Waals surface area contributed by atoms with E-state index in [1.807, 2.05) is 0 Å². The highest BCUT2D eigenvalue weighted by atomic mass is 28.4. The zero-order chi connectivity index (χ0) is 20.3. The molecule has 160 valence electrons. The highest BCUT2D eigenvalue weighted by Crippen LogP contribution is 2.55. The molecule has 2 fully saturated rings. The van der Waals surface area contributed by atoms with Gasteiger partial charge < -0.3 is 8.85 Å². The minimum absolute atomic E-state index is 0.401.